The highest BCUT2D eigenvalue weighted by atomic mass is 14.6. The van der Waals surface area contributed by atoms with Crippen molar-refractivity contribution < 1.29 is 0 Å². The van der Waals surface area contributed by atoms with Crippen LogP contribution in [0.3, 0.4) is 0 Å². The first kappa shape index (κ1) is 18.4. The highest BCUT2D eigenvalue weighted by Gasteiger charge is 2.60. The minimum absolute atomic E-state index is 0.671. The van der Waals surface area contributed by atoms with E-state index in [2.05, 4.69) is 41.5 Å². The van der Waals surface area contributed by atoms with Gasteiger partial charge in [-0.05, 0) is 116 Å². The standard InChI is InChI=1S/C25H44/c1-16(2)18-7-8-19-9-10-20-22-12-11-21(17(3)4)24(22,5)14-13-23(20)25(19,6)15-18/h16-23H,7-15H2,1-6H3. The van der Waals surface area contributed by atoms with Crippen LogP contribution in [0.4, 0.5) is 0 Å². The largest absolute Gasteiger partial charge is 0.0625 e. The molecule has 0 aliphatic heterocycles. The SMILES string of the molecule is CC(C)C1CCC2CCC3C(CCC4(C)C(C(C)C)CCC34)C2(C)C1. The van der Waals surface area contributed by atoms with Crippen molar-refractivity contribution in [2.75, 3.05) is 0 Å². The van der Waals surface area contributed by atoms with Crippen LogP contribution in [-0.4, -0.2) is 0 Å². The lowest BCUT2D eigenvalue weighted by molar-refractivity contribution is -0.125. The Bertz CT molecular complexity index is 490. The predicted octanol–water partition coefficient (Wildman–Crippen LogP) is 7.57. The molecular weight excluding hydrogens is 300 g/mol. The second-order valence-electron chi connectivity index (χ2n) is 11.9. The number of rotatable bonds is 2. The van der Waals surface area contributed by atoms with E-state index in [1.165, 1.54) is 19.3 Å². The topological polar surface area (TPSA) is 0 Å². The smallest absolute Gasteiger partial charge is 0.0264 e. The van der Waals surface area contributed by atoms with E-state index in [1.807, 2.05) is 0 Å². The van der Waals surface area contributed by atoms with Crippen LogP contribution in [-0.2, 0) is 0 Å². The van der Waals surface area contributed by atoms with Gasteiger partial charge in [-0.25, -0.2) is 0 Å². The lowest BCUT2D eigenvalue weighted by atomic mass is 9.43. The Morgan fingerprint density at radius 1 is 0.680 bits per heavy atom. The van der Waals surface area contributed by atoms with Gasteiger partial charge in [-0.1, -0.05) is 41.5 Å². The summed E-state index contributed by atoms with van der Waals surface area (Å²) in [7, 11) is 0. The summed E-state index contributed by atoms with van der Waals surface area (Å²) in [4.78, 5) is 0. The molecule has 0 saturated heterocycles. The Morgan fingerprint density at radius 3 is 2.04 bits per heavy atom. The van der Waals surface area contributed by atoms with E-state index in [4.69, 9.17) is 0 Å². The van der Waals surface area contributed by atoms with Crippen molar-refractivity contribution in [3.05, 3.63) is 0 Å². The van der Waals surface area contributed by atoms with Gasteiger partial charge in [0.05, 0.1) is 0 Å². The summed E-state index contributed by atoms with van der Waals surface area (Å²) in [5, 5.41) is 0. The van der Waals surface area contributed by atoms with Crippen LogP contribution < -0.4 is 0 Å². The molecule has 0 aromatic heterocycles. The van der Waals surface area contributed by atoms with Gasteiger partial charge in [0.2, 0.25) is 0 Å². The summed E-state index contributed by atoms with van der Waals surface area (Å²) in [5.74, 6) is 8.00. The molecule has 0 spiro atoms. The monoisotopic (exact) mass is 344 g/mol. The van der Waals surface area contributed by atoms with Gasteiger partial charge in [0.15, 0.2) is 0 Å². The Labute approximate surface area is 157 Å². The summed E-state index contributed by atoms with van der Waals surface area (Å²) in [6.07, 6.45) is 13.9. The fourth-order valence-electron chi connectivity index (χ4n) is 9.11. The highest BCUT2D eigenvalue weighted by Crippen LogP contribution is 2.68. The number of fused-ring (bicyclic) bond motifs is 5. The van der Waals surface area contributed by atoms with Crippen molar-refractivity contribution in [1.82, 2.24) is 0 Å². The quantitative estimate of drug-likeness (QED) is 0.484. The molecule has 25 heavy (non-hydrogen) atoms. The van der Waals surface area contributed by atoms with Crippen LogP contribution in [0.2, 0.25) is 0 Å². The Balaban J connectivity index is 1.60. The number of hydrogen-bond acceptors (Lipinski definition) is 0. The van der Waals surface area contributed by atoms with E-state index in [0.29, 0.717) is 10.8 Å². The van der Waals surface area contributed by atoms with Crippen molar-refractivity contribution in [2.45, 2.75) is 99.3 Å². The molecule has 0 N–H and O–H groups in total. The van der Waals surface area contributed by atoms with Gasteiger partial charge in [0.25, 0.3) is 0 Å². The molecule has 8 unspecified atom stereocenters. The maximum atomic E-state index is 2.75. The molecule has 8 atom stereocenters. The minimum atomic E-state index is 0.671. The first-order chi connectivity index (χ1) is 11.8. The molecule has 144 valence electrons. The molecule has 4 aliphatic carbocycles. The van der Waals surface area contributed by atoms with E-state index >= 15 is 0 Å². The van der Waals surface area contributed by atoms with Crippen LogP contribution in [0.25, 0.3) is 0 Å². The third-order valence-electron chi connectivity index (χ3n) is 10.5. The van der Waals surface area contributed by atoms with E-state index in [9.17, 15) is 0 Å². The third kappa shape index (κ3) is 2.67. The molecule has 0 aromatic carbocycles. The van der Waals surface area contributed by atoms with Gasteiger partial charge in [-0.15, -0.1) is 0 Å². The first-order valence-electron chi connectivity index (χ1n) is 11.8. The summed E-state index contributed by atoms with van der Waals surface area (Å²) >= 11 is 0. The molecule has 0 bridgehead atoms. The van der Waals surface area contributed by atoms with Crippen molar-refractivity contribution in [3.8, 4) is 0 Å². The van der Waals surface area contributed by atoms with Gasteiger partial charge in [-0.2, -0.15) is 0 Å². The summed E-state index contributed by atoms with van der Waals surface area (Å²) in [6, 6.07) is 0. The second-order valence-corrected chi connectivity index (χ2v) is 11.9. The maximum absolute atomic E-state index is 2.75. The van der Waals surface area contributed by atoms with Gasteiger partial charge < -0.3 is 0 Å². The summed E-state index contributed by atoms with van der Waals surface area (Å²) in [6.45, 7) is 15.4. The predicted molar refractivity (Wildman–Crippen MR) is 108 cm³/mol. The van der Waals surface area contributed by atoms with Crippen LogP contribution in [0.15, 0.2) is 0 Å². The zero-order valence-electron chi connectivity index (χ0n) is 18.0. The molecule has 4 aliphatic rings. The van der Waals surface area contributed by atoms with Crippen molar-refractivity contribution >= 4 is 0 Å². The molecule has 0 heterocycles. The Hall–Kier alpha value is 0. The average molecular weight is 345 g/mol. The van der Waals surface area contributed by atoms with Gasteiger partial charge in [-0.3, -0.25) is 0 Å². The molecule has 0 amide bonds. The van der Waals surface area contributed by atoms with E-state index in [0.717, 1.165) is 47.3 Å². The molecule has 0 radical (unpaired) electrons. The molecule has 4 rings (SSSR count). The molecule has 0 heteroatoms. The number of hydrogen-bond donors (Lipinski definition) is 0. The van der Waals surface area contributed by atoms with E-state index in [-0.39, 0.29) is 0 Å². The highest BCUT2D eigenvalue weighted by molar-refractivity contribution is 5.09. The Morgan fingerprint density at radius 2 is 1.36 bits per heavy atom. The molecule has 4 fully saturated rings. The maximum Gasteiger partial charge on any atom is -0.0264 e. The fourth-order valence-corrected chi connectivity index (χ4v) is 9.11. The van der Waals surface area contributed by atoms with Crippen LogP contribution in [0.1, 0.15) is 99.3 Å². The molecule has 4 saturated carbocycles. The summed E-state index contributed by atoms with van der Waals surface area (Å²) in [5.41, 5.74) is 1.35. The van der Waals surface area contributed by atoms with Crippen LogP contribution in [0.5, 0.6) is 0 Å². The van der Waals surface area contributed by atoms with Crippen LogP contribution >= 0.6 is 0 Å². The Kier molecular flexibility index (Phi) is 4.61. The molecule has 0 aromatic rings. The third-order valence-corrected chi connectivity index (χ3v) is 10.5. The van der Waals surface area contributed by atoms with Crippen molar-refractivity contribution in [3.63, 3.8) is 0 Å². The lowest BCUT2D eigenvalue weighted by Gasteiger charge is -2.62. The minimum Gasteiger partial charge on any atom is -0.0625 e. The summed E-state index contributed by atoms with van der Waals surface area (Å²) < 4.78 is 0. The van der Waals surface area contributed by atoms with Crippen molar-refractivity contribution in [2.24, 2.45) is 58.2 Å². The average Bonchev–Trinajstić information content (AvgIpc) is 2.91. The normalized spacial score (nSPS) is 52.8. The van der Waals surface area contributed by atoms with E-state index in [1.54, 1.807) is 38.5 Å². The van der Waals surface area contributed by atoms with E-state index < -0.39 is 0 Å². The van der Waals surface area contributed by atoms with Gasteiger partial charge in [0.1, 0.15) is 0 Å². The molecule has 0 nitrogen and oxygen atoms in total. The molecular formula is C25H44. The second kappa shape index (κ2) is 6.27. The zero-order chi connectivity index (χ0) is 18.0. The fraction of sp³-hybridized carbons (Fsp3) is 1.00. The van der Waals surface area contributed by atoms with Crippen LogP contribution in [0, 0.1) is 58.2 Å². The van der Waals surface area contributed by atoms with Gasteiger partial charge in [0, 0.05) is 0 Å². The first-order valence-corrected chi connectivity index (χ1v) is 11.8. The lowest BCUT2D eigenvalue weighted by Crippen LogP contribution is -2.54. The van der Waals surface area contributed by atoms with Crippen molar-refractivity contribution in [1.29, 1.82) is 0 Å². The van der Waals surface area contributed by atoms with Gasteiger partial charge >= 0.3 is 0 Å². The zero-order valence-corrected chi connectivity index (χ0v) is 18.0.